The SMILES string of the molecule is CC.CC1(C)c2ccccc2-c2ccc(N(c3ccccc3)c3ccc(-c4cccc5c4-c4ccccc4C54c5ccccc5-c5ccccc54)cc3)cc21. The smallest absolute Gasteiger partial charge is 0.0725 e. The predicted molar refractivity (Wildman–Crippen MR) is 232 cm³/mol. The van der Waals surface area contributed by atoms with Gasteiger partial charge in [0.05, 0.1) is 5.41 Å². The molecular weight excluding hydrogens is 663 g/mol. The number of hydrogen-bond acceptors (Lipinski definition) is 1. The lowest BCUT2D eigenvalue weighted by atomic mass is 9.70. The van der Waals surface area contributed by atoms with Gasteiger partial charge in [-0.1, -0.05) is 179 Å². The minimum atomic E-state index is -0.347. The van der Waals surface area contributed by atoms with Gasteiger partial charge in [-0.2, -0.15) is 0 Å². The van der Waals surface area contributed by atoms with Gasteiger partial charge in [0.2, 0.25) is 0 Å². The Balaban J connectivity index is 0.00000183. The number of nitrogens with zero attached hydrogens (tertiary/aromatic N) is 1. The molecule has 0 fully saturated rings. The molecule has 8 aromatic carbocycles. The fourth-order valence-electron chi connectivity index (χ4n) is 10.0. The zero-order chi connectivity index (χ0) is 37.3. The third kappa shape index (κ3) is 4.60. The van der Waals surface area contributed by atoms with Crippen LogP contribution in [-0.2, 0) is 10.8 Å². The molecule has 0 N–H and O–H groups in total. The number of hydrogen-bond donors (Lipinski definition) is 0. The molecule has 1 nitrogen and oxygen atoms in total. The average molecular weight is 706 g/mol. The second-order valence-electron chi connectivity index (χ2n) is 15.2. The van der Waals surface area contributed by atoms with E-state index in [0.29, 0.717) is 0 Å². The van der Waals surface area contributed by atoms with Crippen molar-refractivity contribution in [1.29, 1.82) is 0 Å². The molecule has 3 aliphatic rings. The van der Waals surface area contributed by atoms with Gasteiger partial charge >= 0.3 is 0 Å². The van der Waals surface area contributed by atoms with E-state index in [1.54, 1.807) is 0 Å². The Bertz CT molecular complexity index is 2710. The van der Waals surface area contributed by atoms with Crippen LogP contribution in [0.3, 0.4) is 0 Å². The van der Waals surface area contributed by atoms with Crippen molar-refractivity contribution in [3.8, 4) is 44.5 Å². The number of anilines is 3. The Morgan fingerprint density at radius 1 is 0.327 bits per heavy atom. The van der Waals surface area contributed by atoms with Crippen molar-refractivity contribution in [2.45, 2.75) is 38.5 Å². The van der Waals surface area contributed by atoms with Crippen molar-refractivity contribution in [3.05, 3.63) is 221 Å². The number of benzene rings is 8. The second-order valence-corrected chi connectivity index (χ2v) is 15.2. The minimum Gasteiger partial charge on any atom is -0.310 e. The summed E-state index contributed by atoms with van der Waals surface area (Å²) >= 11 is 0. The lowest BCUT2D eigenvalue weighted by molar-refractivity contribution is 0.660. The maximum atomic E-state index is 2.41. The van der Waals surface area contributed by atoms with Crippen LogP contribution in [0.25, 0.3) is 44.5 Å². The Morgan fingerprint density at radius 3 is 1.40 bits per heavy atom. The second kappa shape index (κ2) is 12.6. The first kappa shape index (κ1) is 33.2. The molecule has 0 saturated carbocycles. The molecule has 0 aliphatic heterocycles. The van der Waals surface area contributed by atoms with Gasteiger partial charge in [-0.3, -0.25) is 0 Å². The number of para-hydroxylation sites is 1. The summed E-state index contributed by atoms with van der Waals surface area (Å²) in [7, 11) is 0. The quantitative estimate of drug-likeness (QED) is 0.176. The summed E-state index contributed by atoms with van der Waals surface area (Å²) in [5.74, 6) is 0. The van der Waals surface area contributed by atoms with Crippen LogP contribution in [0, 0.1) is 0 Å². The van der Waals surface area contributed by atoms with Crippen molar-refractivity contribution in [1.82, 2.24) is 0 Å². The van der Waals surface area contributed by atoms with Gasteiger partial charge < -0.3 is 4.90 Å². The Morgan fingerprint density at radius 2 is 0.764 bits per heavy atom. The zero-order valence-corrected chi connectivity index (χ0v) is 31.8. The minimum absolute atomic E-state index is 0.0736. The van der Waals surface area contributed by atoms with Gasteiger partial charge in [0.1, 0.15) is 0 Å². The van der Waals surface area contributed by atoms with Gasteiger partial charge in [-0.25, -0.2) is 0 Å². The number of rotatable bonds is 4. The Labute approximate surface area is 325 Å². The maximum Gasteiger partial charge on any atom is 0.0725 e. The molecule has 8 aromatic rings. The summed E-state index contributed by atoms with van der Waals surface area (Å²) in [5.41, 5.74) is 21.8. The standard InChI is InChI=1S/C52H37N.C2H6/c1-51(2)44-22-10-6-17-39(44)42-32-31-37(33-49(42)51)53(35-15-4-3-5-16-35)36-29-27-34(28-30-36)38-21-14-26-48-50(38)43-20-9-13-25-47(43)52(48)45-23-11-7-18-40(45)41-19-8-12-24-46(41)52;1-2/h3-33H,1-2H3;1-2H3. The average Bonchev–Trinajstić information content (AvgIpc) is 3.81. The van der Waals surface area contributed by atoms with Gasteiger partial charge in [-0.15, -0.1) is 0 Å². The van der Waals surface area contributed by atoms with Crippen LogP contribution in [0.1, 0.15) is 61.1 Å². The normalized spacial score (nSPS) is 14.1. The van der Waals surface area contributed by atoms with Gasteiger partial charge in [0.15, 0.2) is 0 Å². The van der Waals surface area contributed by atoms with Crippen LogP contribution in [0.2, 0.25) is 0 Å². The maximum absolute atomic E-state index is 2.41. The zero-order valence-electron chi connectivity index (χ0n) is 31.8. The van der Waals surface area contributed by atoms with E-state index in [-0.39, 0.29) is 10.8 Å². The van der Waals surface area contributed by atoms with Crippen molar-refractivity contribution in [2.24, 2.45) is 0 Å². The number of fused-ring (bicyclic) bond motifs is 13. The van der Waals surface area contributed by atoms with Crippen molar-refractivity contribution in [3.63, 3.8) is 0 Å². The lowest BCUT2D eigenvalue weighted by Gasteiger charge is -2.30. The molecule has 264 valence electrons. The highest BCUT2D eigenvalue weighted by Crippen LogP contribution is 2.64. The first-order valence-electron chi connectivity index (χ1n) is 19.7. The molecule has 0 amide bonds. The first-order chi connectivity index (χ1) is 27.1. The summed E-state index contributed by atoms with van der Waals surface area (Å²) in [6, 6.07) is 70.0. The molecule has 0 atom stereocenters. The topological polar surface area (TPSA) is 3.24 Å². The molecule has 0 aromatic heterocycles. The molecule has 3 aliphatic carbocycles. The molecule has 0 bridgehead atoms. The molecule has 0 radical (unpaired) electrons. The van der Waals surface area contributed by atoms with E-state index >= 15 is 0 Å². The van der Waals surface area contributed by atoms with Crippen LogP contribution < -0.4 is 4.90 Å². The molecule has 11 rings (SSSR count). The van der Waals surface area contributed by atoms with Crippen LogP contribution in [0.5, 0.6) is 0 Å². The predicted octanol–water partition coefficient (Wildman–Crippen LogP) is 14.5. The fraction of sp³-hybridized carbons (Fsp3) is 0.111. The van der Waals surface area contributed by atoms with E-state index in [1.807, 2.05) is 13.8 Å². The van der Waals surface area contributed by atoms with Crippen LogP contribution in [0.15, 0.2) is 188 Å². The highest BCUT2D eigenvalue weighted by atomic mass is 15.1. The van der Waals surface area contributed by atoms with Crippen molar-refractivity contribution < 1.29 is 0 Å². The molecular formula is C54H43N. The van der Waals surface area contributed by atoms with Gasteiger partial charge in [0.25, 0.3) is 0 Å². The van der Waals surface area contributed by atoms with Crippen molar-refractivity contribution in [2.75, 3.05) is 4.90 Å². The Kier molecular flexibility index (Phi) is 7.58. The molecule has 1 heteroatoms. The summed E-state index contributed by atoms with van der Waals surface area (Å²) < 4.78 is 0. The van der Waals surface area contributed by atoms with E-state index < -0.39 is 0 Å². The first-order valence-corrected chi connectivity index (χ1v) is 19.7. The van der Waals surface area contributed by atoms with E-state index in [1.165, 1.54) is 83.6 Å². The van der Waals surface area contributed by atoms with Crippen LogP contribution in [0.4, 0.5) is 17.1 Å². The monoisotopic (exact) mass is 705 g/mol. The fourth-order valence-corrected chi connectivity index (χ4v) is 10.0. The largest absolute Gasteiger partial charge is 0.310 e. The highest BCUT2D eigenvalue weighted by Gasteiger charge is 2.52. The van der Waals surface area contributed by atoms with Crippen LogP contribution in [-0.4, -0.2) is 0 Å². The van der Waals surface area contributed by atoms with Gasteiger partial charge in [-0.05, 0) is 114 Å². The molecule has 0 heterocycles. The molecule has 0 saturated heterocycles. The third-order valence-corrected chi connectivity index (χ3v) is 12.3. The lowest BCUT2D eigenvalue weighted by Crippen LogP contribution is -2.25. The highest BCUT2D eigenvalue weighted by molar-refractivity contribution is 6.00. The van der Waals surface area contributed by atoms with Crippen molar-refractivity contribution >= 4 is 17.1 Å². The summed E-state index contributed by atoms with van der Waals surface area (Å²) in [5, 5.41) is 0. The summed E-state index contributed by atoms with van der Waals surface area (Å²) in [6.45, 7) is 8.71. The molecule has 0 unspecified atom stereocenters. The van der Waals surface area contributed by atoms with E-state index in [2.05, 4.69) is 207 Å². The summed E-state index contributed by atoms with van der Waals surface area (Å²) in [6.07, 6.45) is 0. The molecule has 55 heavy (non-hydrogen) atoms. The van der Waals surface area contributed by atoms with Gasteiger partial charge in [0, 0.05) is 22.5 Å². The molecule has 1 spiro atoms. The van der Waals surface area contributed by atoms with E-state index in [0.717, 1.165) is 11.4 Å². The third-order valence-electron chi connectivity index (χ3n) is 12.3. The van der Waals surface area contributed by atoms with E-state index in [4.69, 9.17) is 0 Å². The summed E-state index contributed by atoms with van der Waals surface area (Å²) in [4.78, 5) is 2.40. The Hall–Kier alpha value is -6.44. The van der Waals surface area contributed by atoms with E-state index in [9.17, 15) is 0 Å². The van der Waals surface area contributed by atoms with Crippen LogP contribution >= 0.6 is 0 Å².